The molecule has 0 unspecified atom stereocenters. The lowest BCUT2D eigenvalue weighted by Gasteiger charge is -1.87. The van der Waals surface area contributed by atoms with Crippen LogP contribution in [-0.2, 0) is 0 Å². The Morgan fingerprint density at radius 3 is 2.85 bits per heavy atom. The fraction of sp³-hybridized carbons (Fsp3) is 0.125. The van der Waals surface area contributed by atoms with Gasteiger partial charge in [0.05, 0.1) is 0 Å². The number of halogens is 2. The minimum absolute atomic E-state index is 0.336. The summed E-state index contributed by atoms with van der Waals surface area (Å²) in [5.41, 5.74) is 0.760. The molecule has 68 valence electrons. The molecule has 0 aliphatic carbocycles. The number of hydrogen-bond acceptors (Lipinski definition) is 3. The second-order valence-electron chi connectivity index (χ2n) is 2.50. The van der Waals surface area contributed by atoms with Crippen molar-refractivity contribution in [3.8, 4) is 0 Å². The molecule has 13 heavy (non-hydrogen) atoms. The highest BCUT2D eigenvalue weighted by Gasteiger charge is 2.15. The summed E-state index contributed by atoms with van der Waals surface area (Å²) in [7, 11) is 0. The third-order valence-electron chi connectivity index (χ3n) is 1.58. The van der Waals surface area contributed by atoms with Crippen molar-refractivity contribution in [2.75, 3.05) is 0 Å². The van der Waals surface area contributed by atoms with Gasteiger partial charge in [-0.3, -0.25) is 0 Å². The topological polar surface area (TPSA) is 26.0 Å². The molecular weight excluding hydrogens is 196 g/mol. The maximum Gasteiger partial charge on any atom is 0.313 e. The molecule has 1 aromatic carbocycles. The van der Waals surface area contributed by atoms with E-state index in [2.05, 4.69) is 17.6 Å². The third kappa shape index (κ3) is 1.51. The first kappa shape index (κ1) is 8.50. The summed E-state index contributed by atoms with van der Waals surface area (Å²) < 4.78 is 29.1. The minimum atomic E-state index is -2.67. The fourth-order valence-corrected chi connectivity index (χ4v) is 1.22. The van der Waals surface area contributed by atoms with E-state index in [9.17, 15) is 8.78 Å². The minimum Gasteiger partial charge on any atom is -0.435 e. The number of oxazole rings is 1. The molecule has 0 aliphatic rings. The van der Waals surface area contributed by atoms with Crippen LogP contribution in [0.1, 0.15) is 12.3 Å². The quantitative estimate of drug-likeness (QED) is 0.717. The van der Waals surface area contributed by atoms with Crippen LogP contribution in [0.4, 0.5) is 8.78 Å². The van der Waals surface area contributed by atoms with Crippen LogP contribution in [0.3, 0.4) is 0 Å². The van der Waals surface area contributed by atoms with Gasteiger partial charge in [-0.05, 0) is 18.2 Å². The average molecular weight is 201 g/mol. The Kier molecular flexibility index (Phi) is 1.95. The summed E-state index contributed by atoms with van der Waals surface area (Å²) in [5, 5.41) is 0. The van der Waals surface area contributed by atoms with Gasteiger partial charge in [-0.25, -0.2) is 4.98 Å². The van der Waals surface area contributed by atoms with Crippen LogP contribution in [0.2, 0.25) is 0 Å². The molecule has 0 N–H and O–H groups in total. The van der Waals surface area contributed by atoms with E-state index in [-0.39, 0.29) is 0 Å². The molecule has 0 fully saturated rings. The predicted octanol–water partition coefficient (Wildman–Crippen LogP) is 3.05. The summed E-state index contributed by atoms with van der Waals surface area (Å²) in [6, 6.07) is 4.81. The van der Waals surface area contributed by atoms with E-state index in [0.29, 0.717) is 16.0 Å². The number of benzene rings is 1. The molecule has 1 aromatic heterocycles. The van der Waals surface area contributed by atoms with Crippen LogP contribution in [0.5, 0.6) is 0 Å². The van der Waals surface area contributed by atoms with Gasteiger partial charge in [0.1, 0.15) is 5.52 Å². The molecule has 1 heterocycles. The predicted molar refractivity (Wildman–Crippen MR) is 46.2 cm³/mol. The SMILES string of the molecule is FC(F)c1nc2ccc(S)cc2o1. The van der Waals surface area contributed by atoms with Crippen LogP contribution < -0.4 is 0 Å². The van der Waals surface area contributed by atoms with E-state index in [1.165, 1.54) is 0 Å². The smallest absolute Gasteiger partial charge is 0.313 e. The van der Waals surface area contributed by atoms with Crippen LogP contribution in [0, 0.1) is 0 Å². The van der Waals surface area contributed by atoms with Crippen molar-refractivity contribution in [3.05, 3.63) is 24.1 Å². The standard InChI is InChI=1S/C8H5F2NOS/c9-7(10)8-11-5-2-1-4(13)3-6(5)12-8/h1-3,7,13H. The van der Waals surface area contributed by atoms with E-state index < -0.39 is 12.3 Å². The zero-order valence-electron chi connectivity index (χ0n) is 6.37. The van der Waals surface area contributed by atoms with E-state index in [4.69, 9.17) is 4.42 Å². The van der Waals surface area contributed by atoms with Gasteiger partial charge >= 0.3 is 6.43 Å². The van der Waals surface area contributed by atoms with Crippen LogP contribution in [-0.4, -0.2) is 4.98 Å². The van der Waals surface area contributed by atoms with Crippen molar-refractivity contribution in [3.63, 3.8) is 0 Å². The number of aromatic nitrogens is 1. The molecule has 0 amide bonds. The first-order chi connectivity index (χ1) is 6.16. The zero-order chi connectivity index (χ0) is 9.42. The number of nitrogens with zero attached hydrogens (tertiary/aromatic N) is 1. The summed E-state index contributed by atoms with van der Waals surface area (Å²) in [4.78, 5) is 4.26. The number of alkyl halides is 2. The van der Waals surface area contributed by atoms with Gasteiger partial charge in [0.15, 0.2) is 5.58 Å². The van der Waals surface area contributed by atoms with Crippen molar-refractivity contribution in [1.29, 1.82) is 0 Å². The van der Waals surface area contributed by atoms with Crippen molar-refractivity contribution >= 4 is 23.7 Å². The largest absolute Gasteiger partial charge is 0.435 e. The monoisotopic (exact) mass is 201 g/mol. The highest BCUT2D eigenvalue weighted by molar-refractivity contribution is 7.80. The Balaban J connectivity index is 2.62. The molecule has 2 nitrogen and oxygen atoms in total. The van der Waals surface area contributed by atoms with Gasteiger partial charge in [-0.15, -0.1) is 12.6 Å². The van der Waals surface area contributed by atoms with Crippen molar-refractivity contribution in [1.82, 2.24) is 4.98 Å². The lowest BCUT2D eigenvalue weighted by Crippen LogP contribution is -1.80. The average Bonchev–Trinajstić information content (AvgIpc) is 2.46. The molecule has 2 rings (SSSR count). The Bertz CT molecular complexity index is 441. The number of rotatable bonds is 1. The molecule has 0 bridgehead atoms. The second-order valence-corrected chi connectivity index (χ2v) is 3.02. The van der Waals surface area contributed by atoms with E-state index >= 15 is 0 Å². The van der Waals surface area contributed by atoms with Gasteiger partial charge < -0.3 is 4.42 Å². The van der Waals surface area contributed by atoms with Crippen molar-refractivity contribution in [2.24, 2.45) is 0 Å². The highest BCUT2D eigenvalue weighted by atomic mass is 32.1. The molecule has 0 saturated heterocycles. The lowest BCUT2D eigenvalue weighted by molar-refractivity contribution is 0.117. The van der Waals surface area contributed by atoms with Crippen molar-refractivity contribution in [2.45, 2.75) is 11.3 Å². The van der Waals surface area contributed by atoms with E-state index in [1.807, 2.05) is 0 Å². The van der Waals surface area contributed by atoms with Gasteiger partial charge in [0.2, 0.25) is 0 Å². The van der Waals surface area contributed by atoms with Gasteiger partial charge in [-0.2, -0.15) is 8.78 Å². The summed E-state index contributed by atoms with van der Waals surface area (Å²) >= 11 is 4.05. The second kappa shape index (κ2) is 2.99. The number of thiol groups is 1. The van der Waals surface area contributed by atoms with E-state index in [0.717, 1.165) is 0 Å². The fourth-order valence-electron chi connectivity index (χ4n) is 1.02. The summed E-state index contributed by atoms with van der Waals surface area (Å²) in [6.45, 7) is 0. The van der Waals surface area contributed by atoms with Crippen LogP contribution in [0.15, 0.2) is 27.5 Å². The molecule has 0 radical (unpaired) electrons. The number of hydrogen-bond donors (Lipinski definition) is 1. The Hall–Kier alpha value is -1.10. The maximum absolute atomic E-state index is 12.1. The lowest BCUT2D eigenvalue weighted by atomic mass is 10.3. The molecule has 0 atom stereocenters. The van der Waals surface area contributed by atoms with Crippen molar-refractivity contribution < 1.29 is 13.2 Å². The first-order valence-corrected chi connectivity index (χ1v) is 3.99. The molecule has 0 spiro atoms. The Morgan fingerprint density at radius 2 is 2.15 bits per heavy atom. The van der Waals surface area contributed by atoms with Gasteiger partial charge in [0.25, 0.3) is 5.89 Å². The van der Waals surface area contributed by atoms with Gasteiger partial charge in [-0.1, -0.05) is 0 Å². The third-order valence-corrected chi connectivity index (χ3v) is 1.85. The van der Waals surface area contributed by atoms with Gasteiger partial charge in [0, 0.05) is 4.90 Å². The first-order valence-electron chi connectivity index (χ1n) is 3.54. The molecule has 5 heteroatoms. The van der Waals surface area contributed by atoms with E-state index in [1.54, 1.807) is 18.2 Å². The molecular formula is C8H5F2NOS. The highest BCUT2D eigenvalue weighted by Crippen LogP contribution is 2.24. The summed E-state index contributed by atoms with van der Waals surface area (Å²) in [6.07, 6.45) is -2.67. The normalized spacial score (nSPS) is 11.4. The molecule has 2 aromatic rings. The van der Waals surface area contributed by atoms with Crippen LogP contribution in [0.25, 0.3) is 11.1 Å². The maximum atomic E-state index is 12.1. The summed E-state index contributed by atoms with van der Waals surface area (Å²) in [5.74, 6) is -0.547. The molecule has 0 aliphatic heterocycles. The van der Waals surface area contributed by atoms with Crippen LogP contribution >= 0.6 is 12.6 Å². The zero-order valence-corrected chi connectivity index (χ0v) is 7.26. The Labute approximate surface area is 78.0 Å². The molecule has 0 saturated carbocycles. The Morgan fingerprint density at radius 1 is 1.38 bits per heavy atom. The number of fused-ring (bicyclic) bond motifs is 1.